The van der Waals surface area contributed by atoms with Gasteiger partial charge in [0.05, 0.1) is 0 Å². The van der Waals surface area contributed by atoms with Crippen molar-refractivity contribution in [2.75, 3.05) is 33.7 Å². The van der Waals surface area contributed by atoms with E-state index in [4.69, 9.17) is 5.84 Å². The van der Waals surface area contributed by atoms with E-state index in [0.717, 1.165) is 13.0 Å². The number of nitrogens with zero attached hydrogens (tertiary/aromatic N) is 2. The van der Waals surface area contributed by atoms with Crippen LogP contribution in [0.25, 0.3) is 0 Å². The Morgan fingerprint density at radius 2 is 2.13 bits per heavy atom. The maximum absolute atomic E-state index is 5.65. The second kappa shape index (κ2) is 6.43. The first-order valence-corrected chi connectivity index (χ1v) is 6.04. The van der Waals surface area contributed by atoms with Crippen LogP contribution in [0.1, 0.15) is 26.2 Å². The lowest BCUT2D eigenvalue weighted by molar-refractivity contribution is 0.172. The summed E-state index contributed by atoms with van der Waals surface area (Å²) in [6, 6.07) is 0.961. The van der Waals surface area contributed by atoms with Gasteiger partial charge in [0.2, 0.25) is 0 Å². The molecule has 0 amide bonds. The molecule has 1 aliphatic rings. The fourth-order valence-corrected chi connectivity index (χ4v) is 2.44. The first-order chi connectivity index (χ1) is 7.19. The van der Waals surface area contributed by atoms with Crippen molar-refractivity contribution < 1.29 is 0 Å². The quantitative estimate of drug-likeness (QED) is 0.520. The highest BCUT2D eigenvalue weighted by molar-refractivity contribution is 4.86. The molecule has 0 aromatic heterocycles. The Kier molecular flexibility index (Phi) is 5.53. The molecule has 4 heteroatoms. The molecular weight excluding hydrogens is 188 g/mol. The molecule has 0 bridgehead atoms. The molecule has 1 fully saturated rings. The lowest BCUT2D eigenvalue weighted by atomic mass is 10.0. The number of hydrazine groups is 1. The van der Waals surface area contributed by atoms with Crippen molar-refractivity contribution in [1.29, 1.82) is 0 Å². The van der Waals surface area contributed by atoms with Crippen LogP contribution in [-0.2, 0) is 0 Å². The van der Waals surface area contributed by atoms with E-state index in [-0.39, 0.29) is 0 Å². The molecule has 0 spiro atoms. The monoisotopic (exact) mass is 214 g/mol. The molecule has 1 heterocycles. The normalized spacial score (nSPS) is 27.6. The highest BCUT2D eigenvalue weighted by Crippen LogP contribution is 2.13. The molecule has 2 unspecified atom stereocenters. The van der Waals surface area contributed by atoms with Gasteiger partial charge >= 0.3 is 0 Å². The Bertz CT molecular complexity index is 174. The van der Waals surface area contributed by atoms with E-state index in [1.807, 2.05) is 0 Å². The van der Waals surface area contributed by atoms with Gasteiger partial charge in [-0.1, -0.05) is 13.3 Å². The largest absolute Gasteiger partial charge is 0.305 e. The van der Waals surface area contributed by atoms with E-state index in [1.54, 1.807) is 0 Å². The fourth-order valence-electron chi connectivity index (χ4n) is 2.44. The van der Waals surface area contributed by atoms with Crippen molar-refractivity contribution in [2.45, 2.75) is 38.3 Å². The zero-order valence-electron chi connectivity index (χ0n) is 10.4. The maximum atomic E-state index is 5.65. The lowest BCUT2D eigenvalue weighted by Gasteiger charge is -2.34. The number of hydrogen-bond acceptors (Lipinski definition) is 4. The molecule has 15 heavy (non-hydrogen) atoms. The summed E-state index contributed by atoms with van der Waals surface area (Å²) in [5.41, 5.74) is 2.98. The summed E-state index contributed by atoms with van der Waals surface area (Å²) in [5.74, 6) is 5.65. The van der Waals surface area contributed by atoms with Gasteiger partial charge in [0, 0.05) is 18.6 Å². The van der Waals surface area contributed by atoms with E-state index in [0.29, 0.717) is 12.1 Å². The number of likely N-dealkylation sites (N-methyl/N-ethyl adjacent to an activating group) is 2. The molecule has 3 N–H and O–H groups in total. The molecule has 4 nitrogen and oxygen atoms in total. The van der Waals surface area contributed by atoms with E-state index in [1.165, 1.54) is 25.9 Å². The van der Waals surface area contributed by atoms with Crippen LogP contribution in [0.5, 0.6) is 0 Å². The smallest absolute Gasteiger partial charge is 0.0386 e. The Morgan fingerprint density at radius 3 is 2.73 bits per heavy atom. The van der Waals surface area contributed by atoms with Crippen LogP contribution in [0.3, 0.4) is 0 Å². The van der Waals surface area contributed by atoms with E-state index < -0.39 is 0 Å². The molecule has 0 radical (unpaired) electrons. The van der Waals surface area contributed by atoms with Crippen LogP contribution in [0.2, 0.25) is 0 Å². The molecule has 1 saturated heterocycles. The molecular formula is C11H26N4. The Morgan fingerprint density at radius 1 is 1.40 bits per heavy atom. The summed E-state index contributed by atoms with van der Waals surface area (Å²) >= 11 is 0. The van der Waals surface area contributed by atoms with Crippen molar-refractivity contribution >= 4 is 0 Å². The van der Waals surface area contributed by atoms with E-state index in [9.17, 15) is 0 Å². The highest BCUT2D eigenvalue weighted by Gasteiger charge is 2.26. The number of hydrogen-bond donors (Lipinski definition) is 2. The Labute approximate surface area is 93.8 Å². The van der Waals surface area contributed by atoms with Gasteiger partial charge in [-0.2, -0.15) is 0 Å². The molecule has 0 aliphatic carbocycles. The summed E-state index contributed by atoms with van der Waals surface area (Å²) in [4.78, 5) is 4.86. The summed E-state index contributed by atoms with van der Waals surface area (Å²) < 4.78 is 0. The topological polar surface area (TPSA) is 44.5 Å². The van der Waals surface area contributed by atoms with Crippen molar-refractivity contribution in [3.8, 4) is 0 Å². The number of rotatable bonds is 4. The molecule has 2 atom stereocenters. The Hall–Kier alpha value is -0.160. The predicted octanol–water partition coefficient (Wildman–Crippen LogP) is 0.254. The number of nitrogens with two attached hydrogens (primary N) is 1. The highest BCUT2D eigenvalue weighted by atomic mass is 15.3. The van der Waals surface area contributed by atoms with Crippen molar-refractivity contribution in [1.82, 2.24) is 15.2 Å². The molecule has 0 aromatic rings. The van der Waals surface area contributed by atoms with Crippen molar-refractivity contribution in [2.24, 2.45) is 5.84 Å². The van der Waals surface area contributed by atoms with Crippen LogP contribution in [0, 0.1) is 0 Å². The SMILES string of the molecule is CCCC(NN)C1CN(C)CCCN1C. The van der Waals surface area contributed by atoms with Gasteiger partial charge in [0.25, 0.3) is 0 Å². The van der Waals surface area contributed by atoms with Gasteiger partial charge < -0.3 is 9.80 Å². The second-order valence-corrected chi connectivity index (χ2v) is 4.73. The summed E-state index contributed by atoms with van der Waals surface area (Å²) in [7, 11) is 4.41. The third kappa shape index (κ3) is 3.72. The molecule has 1 aliphatic heterocycles. The van der Waals surface area contributed by atoms with Crippen LogP contribution in [-0.4, -0.2) is 55.6 Å². The van der Waals surface area contributed by atoms with Crippen LogP contribution in [0.15, 0.2) is 0 Å². The summed E-state index contributed by atoms with van der Waals surface area (Å²) in [5, 5.41) is 0. The first-order valence-electron chi connectivity index (χ1n) is 6.04. The minimum absolute atomic E-state index is 0.417. The zero-order valence-corrected chi connectivity index (χ0v) is 10.4. The van der Waals surface area contributed by atoms with Gasteiger partial charge in [0.15, 0.2) is 0 Å². The Balaban J connectivity index is 2.60. The van der Waals surface area contributed by atoms with E-state index >= 15 is 0 Å². The fraction of sp³-hybridized carbons (Fsp3) is 1.00. The summed E-state index contributed by atoms with van der Waals surface area (Å²) in [6.45, 7) is 5.71. The van der Waals surface area contributed by atoms with Gasteiger partial charge in [-0.05, 0) is 40.0 Å². The molecule has 1 rings (SSSR count). The first kappa shape index (κ1) is 12.9. The third-order valence-corrected chi connectivity index (χ3v) is 3.39. The van der Waals surface area contributed by atoms with E-state index in [2.05, 4.69) is 36.2 Å². The molecule has 90 valence electrons. The third-order valence-electron chi connectivity index (χ3n) is 3.39. The van der Waals surface area contributed by atoms with Gasteiger partial charge in [0.1, 0.15) is 0 Å². The maximum Gasteiger partial charge on any atom is 0.0386 e. The lowest BCUT2D eigenvalue weighted by Crippen LogP contribution is -2.54. The van der Waals surface area contributed by atoms with Crippen molar-refractivity contribution in [3.63, 3.8) is 0 Å². The minimum Gasteiger partial charge on any atom is -0.305 e. The average Bonchev–Trinajstić information content (AvgIpc) is 2.37. The van der Waals surface area contributed by atoms with Gasteiger partial charge in [-0.25, -0.2) is 0 Å². The van der Waals surface area contributed by atoms with Gasteiger partial charge in [-0.3, -0.25) is 11.3 Å². The number of nitrogens with one attached hydrogen (secondary N) is 1. The summed E-state index contributed by atoms with van der Waals surface area (Å²) in [6.07, 6.45) is 3.59. The van der Waals surface area contributed by atoms with Crippen LogP contribution in [0.4, 0.5) is 0 Å². The van der Waals surface area contributed by atoms with Crippen molar-refractivity contribution in [3.05, 3.63) is 0 Å². The van der Waals surface area contributed by atoms with Crippen LogP contribution < -0.4 is 11.3 Å². The second-order valence-electron chi connectivity index (χ2n) is 4.73. The predicted molar refractivity (Wildman–Crippen MR) is 64.6 cm³/mol. The van der Waals surface area contributed by atoms with Gasteiger partial charge in [-0.15, -0.1) is 0 Å². The minimum atomic E-state index is 0.417. The average molecular weight is 214 g/mol. The zero-order chi connectivity index (χ0) is 11.3. The molecule has 0 aromatic carbocycles. The standard InChI is InChI=1S/C11H26N4/c1-4-6-10(13-12)11-9-14(2)7-5-8-15(11)3/h10-11,13H,4-9,12H2,1-3H3. The van der Waals surface area contributed by atoms with Crippen LogP contribution >= 0.6 is 0 Å². The molecule has 0 saturated carbocycles.